The molecule has 1 aliphatic carbocycles. The highest BCUT2D eigenvalue weighted by Gasteiger charge is 2.45. The van der Waals surface area contributed by atoms with E-state index in [0.717, 1.165) is 18.7 Å². The molecule has 3 unspecified atom stereocenters. The van der Waals surface area contributed by atoms with Crippen LogP contribution in [0.4, 0.5) is 13.2 Å². The zero-order valence-electron chi connectivity index (χ0n) is 19.5. The van der Waals surface area contributed by atoms with Crippen molar-refractivity contribution >= 4 is 5.91 Å². The van der Waals surface area contributed by atoms with Gasteiger partial charge < -0.3 is 20.1 Å². The van der Waals surface area contributed by atoms with E-state index in [1.807, 2.05) is 0 Å². The SMILES string of the molecule is CC(C)C1C[C@@H](NC2CCOCC2(C)O)C[C@H]1C(=O)N1CCc2ncc(C(F)(F)F)cc2C1. The first kappa shape index (κ1) is 24.4. The van der Waals surface area contributed by atoms with Crippen molar-refractivity contribution in [3.8, 4) is 0 Å². The zero-order chi connectivity index (χ0) is 24.0. The monoisotopic (exact) mass is 469 g/mol. The predicted molar refractivity (Wildman–Crippen MR) is 116 cm³/mol. The molecule has 33 heavy (non-hydrogen) atoms. The van der Waals surface area contributed by atoms with Gasteiger partial charge >= 0.3 is 6.18 Å². The van der Waals surface area contributed by atoms with Gasteiger partial charge in [-0.25, -0.2) is 0 Å². The molecule has 4 rings (SSSR count). The van der Waals surface area contributed by atoms with Crippen molar-refractivity contribution in [1.82, 2.24) is 15.2 Å². The molecule has 1 aromatic heterocycles. The first-order valence-corrected chi connectivity index (χ1v) is 11.9. The molecule has 1 saturated carbocycles. The molecular weight excluding hydrogens is 435 g/mol. The van der Waals surface area contributed by atoms with Crippen molar-refractivity contribution in [3.05, 3.63) is 29.1 Å². The van der Waals surface area contributed by atoms with E-state index in [0.29, 0.717) is 49.6 Å². The Morgan fingerprint density at radius 2 is 2.12 bits per heavy atom. The molecule has 184 valence electrons. The molecule has 3 aliphatic rings. The summed E-state index contributed by atoms with van der Waals surface area (Å²) < 4.78 is 44.8. The number of hydrogen-bond acceptors (Lipinski definition) is 5. The highest BCUT2D eigenvalue weighted by atomic mass is 19.4. The van der Waals surface area contributed by atoms with Gasteiger partial charge in [-0.2, -0.15) is 13.2 Å². The molecule has 1 saturated heterocycles. The van der Waals surface area contributed by atoms with Gasteiger partial charge in [-0.15, -0.1) is 0 Å². The Morgan fingerprint density at radius 3 is 2.79 bits per heavy atom. The molecule has 9 heteroatoms. The van der Waals surface area contributed by atoms with Gasteiger partial charge in [-0.1, -0.05) is 13.8 Å². The number of carbonyl (C=O) groups excluding carboxylic acids is 1. The molecule has 0 bridgehead atoms. The number of pyridine rings is 1. The van der Waals surface area contributed by atoms with E-state index in [1.165, 1.54) is 0 Å². The fourth-order valence-corrected chi connectivity index (χ4v) is 5.67. The number of hydrogen-bond donors (Lipinski definition) is 2. The number of aliphatic hydroxyl groups is 1. The number of rotatable bonds is 4. The van der Waals surface area contributed by atoms with Crippen LogP contribution in [0, 0.1) is 17.8 Å². The van der Waals surface area contributed by atoms with Gasteiger partial charge in [0.15, 0.2) is 0 Å². The van der Waals surface area contributed by atoms with Gasteiger partial charge in [0.2, 0.25) is 5.91 Å². The van der Waals surface area contributed by atoms with E-state index in [9.17, 15) is 23.1 Å². The first-order valence-electron chi connectivity index (χ1n) is 11.9. The molecule has 3 heterocycles. The maximum Gasteiger partial charge on any atom is 0.417 e. The number of aromatic nitrogens is 1. The standard InChI is InChI=1S/C24H34F3N3O3/c1-14(2)18-9-17(29-21-5-7-33-13-23(21,3)32)10-19(18)22(31)30-6-4-20-15(12-30)8-16(11-28-20)24(25,26)27/h8,11,14,17-19,21,29,32H,4-7,9-10,12-13H2,1-3H3/t17-,18?,19-,21?,23?/m1/s1. The maximum atomic E-state index is 13.6. The lowest BCUT2D eigenvalue weighted by molar-refractivity contribution is -0.138. The van der Waals surface area contributed by atoms with E-state index < -0.39 is 17.3 Å². The molecule has 1 aromatic rings. The third-order valence-corrected chi connectivity index (χ3v) is 7.60. The summed E-state index contributed by atoms with van der Waals surface area (Å²) in [5.41, 5.74) is -0.603. The largest absolute Gasteiger partial charge is 0.417 e. The average molecular weight is 470 g/mol. The molecular formula is C24H34F3N3O3. The lowest BCUT2D eigenvalue weighted by Gasteiger charge is -2.39. The Morgan fingerprint density at radius 1 is 1.36 bits per heavy atom. The van der Waals surface area contributed by atoms with Crippen LogP contribution >= 0.6 is 0 Å². The molecule has 2 fully saturated rings. The fourth-order valence-electron chi connectivity index (χ4n) is 5.67. The smallest absolute Gasteiger partial charge is 0.386 e. The minimum atomic E-state index is -4.45. The Kier molecular flexibility index (Phi) is 6.77. The molecule has 0 radical (unpaired) electrons. The van der Waals surface area contributed by atoms with Gasteiger partial charge in [-0.3, -0.25) is 9.78 Å². The molecule has 2 N–H and O–H groups in total. The van der Waals surface area contributed by atoms with E-state index >= 15 is 0 Å². The number of carbonyl (C=O) groups is 1. The highest BCUT2D eigenvalue weighted by molar-refractivity contribution is 5.80. The minimum Gasteiger partial charge on any atom is -0.386 e. The number of nitrogens with zero attached hydrogens (tertiary/aromatic N) is 2. The summed E-state index contributed by atoms with van der Waals surface area (Å²) in [6.07, 6.45) is -0.891. The Hall–Kier alpha value is -1.71. The lowest BCUT2D eigenvalue weighted by Crippen LogP contribution is -2.57. The van der Waals surface area contributed by atoms with Crippen molar-refractivity contribution in [2.24, 2.45) is 17.8 Å². The van der Waals surface area contributed by atoms with Crippen LogP contribution in [-0.2, 0) is 28.7 Å². The van der Waals surface area contributed by atoms with E-state index in [4.69, 9.17) is 4.74 Å². The molecule has 2 aliphatic heterocycles. The lowest BCUT2D eigenvalue weighted by atomic mass is 9.85. The number of amides is 1. The number of halogens is 3. The number of nitrogens with one attached hydrogen (secondary N) is 1. The molecule has 0 aromatic carbocycles. The molecule has 5 atom stereocenters. The van der Waals surface area contributed by atoms with E-state index in [1.54, 1.807) is 11.8 Å². The third kappa shape index (κ3) is 5.20. The van der Waals surface area contributed by atoms with E-state index in [-0.39, 0.29) is 43.0 Å². The summed E-state index contributed by atoms with van der Waals surface area (Å²) in [5, 5.41) is 14.3. The van der Waals surface area contributed by atoms with Gasteiger partial charge in [0.1, 0.15) is 5.60 Å². The minimum absolute atomic E-state index is 0.0137. The van der Waals surface area contributed by atoms with Gasteiger partial charge in [0.05, 0.1) is 12.2 Å². The second kappa shape index (κ2) is 9.15. The number of fused-ring (bicyclic) bond motifs is 1. The summed E-state index contributed by atoms with van der Waals surface area (Å²) in [5.74, 6) is 0.310. The van der Waals surface area contributed by atoms with Crippen LogP contribution in [0.15, 0.2) is 12.3 Å². The van der Waals surface area contributed by atoms with Crippen molar-refractivity contribution in [2.45, 2.75) is 76.9 Å². The van der Waals surface area contributed by atoms with Crippen LogP contribution in [-0.4, -0.2) is 58.3 Å². The maximum absolute atomic E-state index is 13.6. The second-order valence-electron chi connectivity index (χ2n) is 10.4. The zero-order valence-corrected chi connectivity index (χ0v) is 19.5. The molecule has 0 spiro atoms. The number of alkyl halides is 3. The summed E-state index contributed by atoms with van der Waals surface area (Å²) in [6, 6.07) is 1.15. The highest BCUT2D eigenvalue weighted by Crippen LogP contribution is 2.40. The van der Waals surface area contributed by atoms with Crippen molar-refractivity contribution < 1.29 is 27.8 Å². The van der Waals surface area contributed by atoms with Gasteiger partial charge in [0.25, 0.3) is 0 Å². The predicted octanol–water partition coefficient (Wildman–Crippen LogP) is 3.17. The van der Waals surface area contributed by atoms with Gasteiger partial charge in [0, 0.05) is 56.0 Å². The average Bonchev–Trinajstić information content (AvgIpc) is 3.17. The second-order valence-corrected chi connectivity index (χ2v) is 10.4. The molecule has 1 amide bonds. The van der Waals surface area contributed by atoms with Crippen LogP contribution in [0.2, 0.25) is 0 Å². The van der Waals surface area contributed by atoms with Crippen molar-refractivity contribution in [2.75, 3.05) is 19.8 Å². The van der Waals surface area contributed by atoms with Crippen LogP contribution < -0.4 is 5.32 Å². The van der Waals surface area contributed by atoms with Gasteiger partial charge in [-0.05, 0) is 49.7 Å². The molecule has 6 nitrogen and oxygen atoms in total. The van der Waals surface area contributed by atoms with Crippen LogP contribution in [0.1, 0.15) is 56.9 Å². The van der Waals surface area contributed by atoms with Crippen LogP contribution in [0.3, 0.4) is 0 Å². The van der Waals surface area contributed by atoms with Crippen molar-refractivity contribution in [3.63, 3.8) is 0 Å². The Bertz CT molecular complexity index is 874. The van der Waals surface area contributed by atoms with Crippen LogP contribution in [0.5, 0.6) is 0 Å². The topological polar surface area (TPSA) is 74.7 Å². The summed E-state index contributed by atoms with van der Waals surface area (Å²) >= 11 is 0. The first-order chi connectivity index (χ1) is 15.5. The quantitative estimate of drug-likeness (QED) is 0.709. The van der Waals surface area contributed by atoms with Crippen LogP contribution in [0.25, 0.3) is 0 Å². The Balaban J connectivity index is 1.46. The fraction of sp³-hybridized carbons (Fsp3) is 0.750. The van der Waals surface area contributed by atoms with Crippen molar-refractivity contribution in [1.29, 1.82) is 0 Å². The summed E-state index contributed by atoms with van der Waals surface area (Å²) in [6.45, 7) is 7.52. The van der Waals surface area contributed by atoms with E-state index in [2.05, 4.69) is 24.1 Å². The third-order valence-electron chi connectivity index (χ3n) is 7.60. The summed E-state index contributed by atoms with van der Waals surface area (Å²) in [7, 11) is 0. The normalized spacial score (nSPS) is 32.8. The summed E-state index contributed by atoms with van der Waals surface area (Å²) in [4.78, 5) is 19.3. The Labute approximate surface area is 192 Å². The number of ether oxygens (including phenoxy) is 1.